The SMILES string of the molecule is O=C(Cn1cccc(C(F)(F)F)c1=O)NCCc1nccn1C(F)F. The van der Waals surface area contributed by atoms with E-state index in [2.05, 4.69) is 10.3 Å². The number of hydrogen-bond acceptors (Lipinski definition) is 3. The van der Waals surface area contributed by atoms with Gasteiger partial charge in [0, 0.05) is 31.6 Å². The summed E-state index contributed by atoms with van der Waals surface area (Å²) in [6.07, 6.45) is -1.49. The third kappa shape index (κ3) is 4.64. The van der Waals surface area contributed by atoms with Crippen LogP contribution in [0.3, 0.4) is 0 Å². The maximum Gasteiger partial charge on any atom is 0.421 e. The quantitative estimate of drug-likeness (QED) is 0.795. The molecule has 2 aromatic rings. The lowest BCUT2D eigenvalue weighted by Gasteiger charge is -2.11. The van der Waals surface area contributed by atoms with Gasteiger partial charge in [-0.2, -0.15) is 22.0 Å². The van der Waals surface area contributed by atoms with Crippen LogP contribution >= 0.6 is 0 Å². The van der Waals surface area contributed by atoms with Crippen LogP contribution in [0, 0.1) is 0 Å². The average Bonchev–Trinajstić information content (AvgIpc) is 2.97. The molecule has 2 rings (SSSR count). The van der Waals surface area contributed by atoms with Crippen LogP contribution in [0.1, 0.15) is 17.9 Å². The molecule has 0 atom stereocenters. The van der Waals surface area contributed by atoms with Crippen molar-refractivity contribution in [1.29, 1.82) is 0 Å². The van der Waals surface area contributed by atoms with Gasteiger partial charge in [-0.15, -0.1) is 0 Å². The third-order valence-corrected chi connectivity index (χ3v) is 3.27. The van der Waals surface area contributed by atoms with E-state index in [0.29, 0.717) is 15.2 Å². The molecule has 11 heteroatoms. The zero-order chi connectivity index (χ0) is 18.6. The Morgan fingerprint density at radius 3 is 2.64 bits per heavy atom. The van der Waals surface area contributed by atoms with Gasteiger partial charge in [0.2, 0.25) is 5.91 Å². The second-order valence-electron chi connectivity index (χ2n) is 4.98. The fourth-order valence-corrected chi connectivity index (χ4v) is 2.12. The lowest BCUT2D eigenvalue weighted by atomic mass is 10.2. The molecule has 0 bridgehead atoms. The Bertz CT molecular complexity index is 797. The van der Waals surface area contributed by atoms with Crippen LogP contribution in [0.25, 0.3) is 0 Å². The fourth-order valence-electron chi connectivity index (χ4n) is 2.12. The third-order valence-electron chi connectivity index (χ3n) is 3.27. The molecule has 2 heterocycles. The van der Waals surface area contributed by atoms with Crippen molar-refractivity contribution in [2.24, 2.45) is 0 Å². The van der Waals surface area contributed by atoms with Crippen molar-refractivity contribution in [2.45, 2.75) is 25.7 Å². The molecule has 0 aliphatic heterocycles. The van der Waals surface area contributed by atoms with Crippen molar-refractivity contribution in [3.8, 4) is 0 Å². The maximum absolute atomic E-state index is 12.6. The second-order valence-corrected chi connectivity index (χ2v) is 4.98. The summed E-state index contributed by atoms with van der Waals surface area (Å²) in [6.45, 7) is -3.45. The van der Waals surface area contributed by atoms with E-state index in [1.807, 2.05) is 0 Å². The second kappa shape index (κ2) is 7.45. The van der Waals surface area contributed by atoms with E-state index in [0.717, 1.165) is 18.5 Å². The van der Waals surface area contributed by atoms with Crippen LogP contribution in [0.2, 0.25) is 0 Å². The molecule has 0 unspecified atom stereocenters. The Hall–Kier alpha value is -2.72. The minimum absolute atomic E-state index is 0.000565. The minimum atomic E-state index is -4.82. The highest BCUT2D eigenvalue weighted by molar-refractivity contribution is 5.75. The summed E-state index contributed by atoms with van der Waals surface area (Å²) in [4.78, 5) is 27.2. The van der Waals surface area contributed by atoms with Gasteiger partial charge in [0.25, 0.3) is 5.56 Å². The first-order valence-electron chi connectivity index (χ1n) is 7.03. The first-order valence-corrected chi connectivity index (χ1v) is 7.03. The van der Waals surface area contributed by atoms with Gasteiger partial charge in [-0.1, -0.05) is 0 Å². The van der Waals surface area contributed by atoms with Gasteiger partial charge in [-0.3, -0.25) is 14.2 Å². The van der Waals surface area contributed by atoms with Crippen LogP contribution in [0.4, 0.5) is 22.0 Å². The topological polar surface area (TPSA) is 68.9 Å². The van der Waals surface area contributed by atoms with Crippen LogP contribution < -0.4 is 10.9 Å². The number of halogens is 5. The molecule has 25 heavy (non-hydrogen) atoms. The highest BCUT2D eigenvalue weighted by Gasteiger charge is 2.34. The van der Waals surface area contributed by atoms with Crippen molar-refractivity contribution in [2.75, 3.05) is 6.54 Å². The number of nitrogens with zero attached hydrogens (tertiary/aromatic N) is 3. The summed E-state index contributed by atoms with van der Waals surface area (Å²) in [5.41, 5.74) is -2.71. The monoisotopic (exact) mass is 364 g/mol. The smallest absolute Gasteiger partial charge is 0.354 e. The molecule has 0 saturated heterocycles. The summed E-state index contributed by atoms with van der Waals surface area (Å²) >= 11 is 0. The molecule has 0 fully saturated rings. The predicted molar refractivity (Wildman–Crippen MR) is 75.9 cm³/mol. The minimum Gasteiger partial charge on any atom is -0.354 e. The van der Waals surface area contributed by atoms with E-state index >= 15 is 0 Å². The normalized spacial score (nSPS) is 11.8. The molecule has 0 radical (unpaired) electrons. The van der Waals surface area contributed by atoms with E-state index in [4.69, 9.17) is 0 Å². The Balaban J connectivity index is 1.95. The Labute approximate surface area is 137 Å². The molecule has 0 aliphatic carbocycles. The Morgan fingerprint density at radius 1 is 1.28 bits per heavy atom. The molecular formula is C14H13F5N4O2. The Morgan fingerprint density at radius 2 is 2.00 bits per heavy atom. The van der Waals surface area contributed by atoms with Gasteiger partial charge in [-0.25, -0.2) is 4.98 Å². The first-order chi connectivity index (χ1) is 11.7. The molecule has 0 spiro atoms. The number of imidazole rings is 1. The number of rotatable bonds is 6. The number of aromatic nitrogens is 3. The van der Waals surface area contributed by atoms with Crippen molar-refractivity contribution in [3.05, 3.63) is 52.5 Å². The first kappa shape index (κ1) is 18.6. The van der Waals surface area contributed by atoms with E-state index in [1.165, 1.54) is 6.20 Å². The lowest BCUT2D eigenvalue weighted by Crippen LogP contribution is -2.35. The zero-order valence-corrected chi connectivity index (χ0v) is 12.6. The van der Waals surface area contributed by atoms with Crippen molar-refractivity contribution >= 4 is 5.91 Å². The Kier molecular flexibility index (Phi) is 5.55. The highest BCUT2D eigenvalue weighted by atomic mass is 19.4. The van der Waals surface area contributed by atoms with E-state index in [-0.39, 0.29) is 18.8 Å². The number of carbonyl (C=O) groups excluding carboxylic acids is 1. The largest absolute Gasteiger partial charge is 0.421 e. The fraction of sp³-hybridized carbons (Fsp3) is 0.357. The van der Waals surface area contributed by atoms with Crippen LogP contribution in [-0.4, -0.2) is 26.6 Å². The number of nitrogens with one attached hydrogen (secondary N) is 1. The number of amides is 1. The molecule has 6 nitrogen and oxygen atoms in total. The number of pyridine rings is 1. The lowest BCUT2D eigenvalue weighted by molar-refractivity contribution is -0.139. The molecule has 1 amide bonds. The molecule has 2 aromatic heterocycles. The molecule has 136 valence electrons. The molecule has 1 N–H and O–H groups in total. The molecule has 0 aromatic carbocycles. The van der Waals surface area contributed by atoms with Gasteiger partial charge in [-0.05, 0) is 12.1 Å². The van der Waals surface area contributed by atoms with Crippen molar-refractivity contribution in [1.82, 2.24) is 19.4 Å². The summed E-state index contributed by atoms with van der Waals surface area (Å²) in [5, 5.41) is 2.34. The highest BCUT2D eigenvalue weighted by Crippen LogP contribution is 2.25. The summed E-state index contributed by atoms with van der Waals surface area (Å²) < 4.78 is 64.4. The molecular weight excluding hydrogens is 351 g/mol. The van der Waals surface area contributed by atoms with Gasteiger partial charge < -0.3 is 9.88 Å². The van der Waals surface area contributed by atoms with E-state index in [9.17, 15) is 31.5 Å². The van der Waals surface area contributed by atoms with Crippen molar-refractivity contribution < 1.29 is 26.7 Å². The number of carbonyl (C=O) groups is 1. The zero-order valence-electron chi connectivity index (χ0n) is 12.6. The molecule has 0 aliphatic rings. The van der Waals surface area contributed by atoms with Crippen LogP contribution in [0.5, 0.6) is 0 Å². The maximum atomic E-state index is 12.6. The van der Waals surface area contributed by atoms with Gasteiger partial charge in [0.15, 0.2) is 0 Å². The summed E-state index contributed by atoms with van der Waals surface area (Å²) in [5.74, 6) is -0.678. The summed E-state index contributed by atoms with van der Waals surface area (Å²) in [6, 6.07) is 1.64. The standard InChI is InChI=1S/C14H13F5N4O2/c15-13(16)23-7-5-20-10(23)3-4-21-11(24)8-22-6-1-2-9(12(22)25)14(17,18)19/h1-2,5-7,13H,3-4,8H2,(H,21,24). The van der Waals surface area contributed by atoms with Crippen LogP contribution in [-0.2, 0) is 23.9 Å². The summed E-state index contributed by atoms with van der Waals surface area (Å²) in [7, 11) is 0. The van der Waals surface area contributed by atoms with Crippen molar-refractivity contribution in [3.63, 3.8) is 0 Å². The van der Waals surface area contributed by atoms with Crippen LogP contribution in [0.15, 0.2) is 35.5 Å². The number of alkyl halides is 5. The number of hydrogen-bond donors (Lipinski definition) is 1. The van der Waals surface area contributed by atoms with E-state index < -0.39 is 36.3 Å². The van der Waals surface area contributed by atoms with Gasteiger partial charge >= 0.3 is 12.7 Å². The predicted octanol–water partition coefficient (Wildman–Crippen LogP) is 1.82. The van der Waals surface area contributed by atoms with Gasteiger partial charge in [0.1, 0.15) is 17.9 Å². The van der Waals surface area contributed by atoms with Gasteiger partial charge in [0.05, 0.1) is 0 Å². The molecule has 0 saturated carbocycles. The van der Waals surface area contributed by atoms with E-state index in [1.54, 1.807) is 0 Å². The average molecular weight is 364 g/mol.